The molecule has 0 aromatic heterocycles. The maximum atomic E-state index is 12.0. The van der Waals surface area contributed by atoms with Crippen LogP contribution in [0.4, 0.5) is 0 Å². The van der Waals surface area contributed by atoms with Crippen LogP contribution in [0.1, 0.15) is 39.5 Å². The van der Waals surface area contributed by atoms with Crippen molar-refractivity contribution in [3.8, 4) is 5.75 Å². The van der Waals surface area contributed by atoms with E-state index in [2.05, 4.69) is 11.6 Å². The van der Waals surface area contributed by atoms with Crippen molar-refractivity contribution in [1.82, 2.24) is 4.72 Å². The Morgan fingerprint density at radius 2 is 2.06 bits per heavy atom. The second-order valence-corrected chi connectivity index (χ2v) is 6.23. The standard InChI is InChI=1S/C13H21NO3S/c1-3-4-5-7-11(2)14-18(16,17)13-9-6-8-12(15)10-13/h6,8-11,14-15H,3-5,7H2,1-2H3. The van der Waals surface area contributed by atoms with Crippen molar-refractivity contribution in [2.75, 3.05) is 0 Å². The van der Waals surface area contributed by atoms with Crippen LogP contribution < -0.4 is 4.72 Å². The molecule has 0 saturated carbocycles. The Labute approximate surface area is 109 Å². The first-order valence-electron chi connectivity index (χ1n) is 6.27. The van der Waals surface area contributed by atoms with Gasteiger partial charge in [0, 0.05) is 6.04 Å². The predicted molar refractivity (Wildman–Crippen MR) is 72.0 cm³/mol. The number of aromatic hydroxyl groups is 1. The van der Waals surface area contributed by atoms with Crippen molar-refractivity contribution >= 4 is 10.0 Å². The molecule has 1 rings (SSSR count). The van der Waals surface area contributed by atoms with E-state index in [-0.39, 0.29) is 16.7 Å². The molecule has 0 aliphatic heterocycles. The molecule has 0 aliphatic rings. The number of phenolic OH excluding ortho intramolecular Hbond substituents is 1. The Morgan fingerprint density at radius 1 is 1.33 bits per heavy atom. The molecule has 2 N–H and O–H groups in total. The topological polar surface area (TPSA) is 66.4 Å². The second-order valence-electron chi connectivity index (χ2n) is 4.52. The van der Waals surface area contributed by atoms with Gasteiger partial charge in [-0.3, -0.25) is 0 Å². The smallest absolute Gasteiger partial charge is 0.240 e. The molecule has 0 aliphatic carbocycles. The summed E-state index contributed by atoms with van der Waals surface area (Å²) in [6.45, 7) is 3.97. The molecule has 1 aromatic rings. The molecule has 18 heavy (non-hydrogen) atoms. The molecule has 0 heterocycles. The minimum atomic E-state index is -3.53. The summed E-state index contributed by atoms with van der Waals surface area (Å²) >= 11 is 0. The molecule has 0 fully saturated rings. The molecule has 0 radical (unpaired) electrons. The van der Waals surface area contributed by atoms with Crippen LogP contribution >= 0.6 is 0 Å². The number of benzene rings is 1. The first-order chi connectivity index (χ1) is 8.45. The summed E-state index contributed by atoms with van der Waals surface area (Å²) in [5.41, 5.74) is 0. The van der Waals surface area contributed by atoms with Gasteiger partial charge >= 0.3 is 0 Å². The van der Waals surface area contributed by atoms with E-state index in [4.69, 9.17) is 0 Å². The third-order valence-electron chi connectivity index (χ3n) is 2.72. The highest BCUT2D eigenvalue weighted by Crippen LogP contribution is 2.16. The largest absolute Gasteiger partial charge is 0.508 e. The lowest BCUT2D eigenvalue weighted by Crippen LogP contribution is -2.32. The van der Waals surface area contributed by atoms with Gasteiger partial charge in [-0.2, -0.15) is 0 Å². The molecule has 4 nitrogen and oxygen atoms in total. The van der Waals surface area contributed by atoms with E-state index in [1.165, 1.54) is 24.3 Å². The molecule has 0 bridgehead atoms. The van der Waals surface area contributed by atoms with Crippen molar-refractivity contribution in [2.45, 2.75) is 50.5 Å². The van der Waals surface area contributed by atoms with Crippen LogP contribution in [-0.2, 0) is 10.0 Å². The van der Waals surface area contributed by atoms with Crippen molar-refractivity contribution in [1.29, 1.82) is 0 Å². The van der Waals surface area contributed by atoms with E-state index in [1.54, 1.807) is 0 Å². The highest BCUT2D eigenvalue weighted by atomic mass is 32.2. The van der Waals surface area contributed by atoms with Gasteiger partial charge in [-0.15, -0.1) is 0 Å². The Bertz CT molecular complexity index is 471. The number of nitrogens with one attached hydrogen (secondary N) is 1. The molecular formula is C13H21NO3S. The number of rotatable bonds is 7. The van der Waals surface area contributed by atoms with Crippen LogP contribution in [0.3, 0.4) is 0 Å². The molecule has 1 unspecified atom stereocenters. The zero-order valence-electron chi connectivity index (χ0n) is 10.9. The van der Waals surface area contributed by atoms with E-state index < -0.39 is 10.0 Å². The first kappa shape index (κ1) is 15.0. The van der Waals surface area contributed by atoms with Gasteiger partial charge in [-0.25, -0.2) is 13.1 Å². The second kappa shape index (κ2) is 6.75. The summed E-state index contributed by atoms with van der Waals surface area (Å²) < 4.78 is 26.6. The predicted octanol–water partition coefficient (Wildman–Crippen LogP) is 2.64. The fraction of sp³-hybridized carbons (Fsp3) is 0.538. The van der Waals surface area contributed by atoms with E-state index in [9.17, 15) is 13.5 Å². The maximum absolute atomic E-state index is 12.0. The summed E-state index contributed by atoms with van der Waals surface area (Å²) in [5.74, 6) is -0.0449. The molecule has 5 heteroatoms. The lowest BCUT2D eigenvalue weighted by Gasteiger charge is -2.14. The van der Waals surface area contributed by atoms with Crippen LogP contribution in [0.15, 0.2) is 29.2 Å². The van der Waals surface area contributed by atoms with Crippen molar-refractivity contribution in [2.24, 2.45) is 0 Å². The fourth-order valence-electron chi connectivity index (χ4n) is 1.74. The molecule has 1 atom stereocenters. The number of phenols is 1. The number of hydrogen-bond acceptors (Lipinski definition) is 3. The normalized spacial score (nSPS) is 13.4. The molecule has 1 aromatic carbocycles. The van der Waals surface area contributed by atoms with E-state index >= 15 is 0 Å². The zero-order chi connectivity index (χ0) is 13.6. The van der Waals surface area contributed by atoms with Crippen molar-refractivity contribution in [3.63, 3.8) is 0 Å². The van der Waals surface area contributed by atoms with Crippen LogP contribution in [0, 0.1) is 0 Å². The summed E-state index contributed by atoms with van der Waals surface area (Å²) in [6, 6.07) is 5.60. The molecule has 0 amide bonds. The zero-order valence-corrected chi connectivity index (χ0v) is 11.7. The average molecular weight is 271 g/mol. The summed E-state index contributed by atoms with van der Waals surface area (Å²) in [7, 11) is -3.53. The van der Waals surface area contributed by atoms with Gasteiger partial charge in [0.2, 0.25) is 10.0 Å². The molecule has 102 valence electrons. The maximum Gasteiger partial charge on any atom is 0.240 e. The summed E-state index contributed by atoms with van der Waals surface area (Å²) in [5, 5.41) is 9.29. The SMILES string of the molecule is CCCCCC(C)NS(=O)(=O)c1cccc(O)c1. The lowest BCUT2D eigenvalue weighted by atomic mass is 10.1. The summed E-state index contributed by atoms with van der Waals surface area (Å²) in [6.07, 6.45) is 4.07. The van der Waals surface area contributed by atoms with Crippen LogP contribution in [-0.4, -0.2) is 19.6 Å². The monoisotopic (exact) mass is 271 g/mol. The van der Waals surface area contributed by atoms with Crippen molar-refractivity contribution in [3.05, 3.63) is 24.3 Å². The van der Waals surface area contributed by atoms with Gasteiger partial charge in [0.15, 0.2) is 0 Å². The van der Waals surface area contributed by atoms with Gasteiger partial charge in [0.25, 0.3) is 0 Å². The minimum absolute atomic E-state index is 0.0449. The van der Waals surface area contributed by atoms with Crippen molar-refractivity contribution < 1.29 is 13.5 Å². The lowest BCUT2D eigenvalue weighted by molar-refractivity contribution is 0.472. The van der Waals surface area contributed by atoms with Crippen LogP contribution in [0.5, 0.6) is 5.75 Å². The van der Waals surface area contributed by atoms with E-state index in [0.717, 1.165) is 25.7 Å². The molecule has 0 spiro atoms. The molecule has 0 saturated heterocycles. The Morgan fingerprint density at radius 3 is 2.67 bits per heavy atom. The Hall–Kier alpha value is -1.07. The van der Waals surface area contributed by atoms with Gasteiger partial charge in [-0.05, 0) is 31.5 Å². The number of unbranched alkanes of at least 4 members (excludes halogenated alkanes) is 2. The highest BCUT2D eigenvalue weighted by Gasteiger charge is 2.17. The van der Waals surface area contributed by atoms with Gasteiger partial charge in [0.1, 0.15) is 5.75 Å². The third kappa shape index (κ3) is 4.66. The van der Waals surface area contributed by atoms with Gasteiger partial charge in [0.05, 0.1) is 4.90 Å². The number of hydrogen-bond donors (Lipinski definition) is 2. The number of sulfonamides is 1. The Balaban J connectivity index is 2.64. The summed E-state index contributed by atoms with van der Waals surface area (Å²) in [4.78, 5) is 0.102. The minimum Gasteiger partial charge on any atom is -0.508 e. The van der Waals surface area contributed by atoms with Crippen LogP contribution in [0.2, 0.25) is 0 Å². The average Bonchev–Trinajstić information content (AvgIpc) is 2.28. The van der Waals surface area contributed by atoms with E-state index in [0.29, 0.717) is 0 Å². The highest BCUT2D eigenvalue weighted by molar-refractivity contribution is 7.89. The quantitative estimate of drug-likeness (QED) is 0.749. The third-order valence-corrected chi connectivity index (χ3v) is 4.31. The Kier molecular flexibility index (Phi) is 5.62. The fourth-order valence-corrected chi connectivity index (χ4v) is 3.06. The molecular weight excluding hydrogens is 250 g/mol. The van der Waals surface area contributed by atoms with Gasteiger partial charge in [-0.1, -0.05) is 32.3 Å². The van der Waals surface area contributed by atoms with Crippen LogP contribution in [0.25, 0.3) is 0 Å². The van der Waals surface area contributed by atoms with E-state index in [1.807, 2.05) is 6.92 Å². The first-order valence-corrected chi connectivity index (χ1v) is 7.75. The van der Waals surface area contributed by atoms with Gasteiger partial charge < -0.3 is 5.11 Å².